The number of quaternary nitrogens is 1. The maximum Gasteiger partial charge on any atom is 0.282 e. The molecule has 152 valence electrons. The van der Waals surface area contributed by atoms with Crippen molar-refractivity contribution in [2.45, 2.75) is 19.4 Å². The average molecular weight is 414 g/mol. The van der Waals surface area contributed by atoms with Gasteiger partial charge in [-0.25, -0.2) is 0 Å². The Hall–Kier alpha value is -2.57. The molecule has 1 fully saturated rings. The van der Waals surface area contributed by atoms with Gasteiger partial charge in [-0.1, -0.05) is 29.8 Å². The fourth-order valence-electron chi connectivity index (χ4n) is 4.20. The van der Waals surface area contributed by atoms with E-state index in [2.05, 4.69) is 16.3 Å². The summed E-state index contributed by atoms with van der Waals surface area (Å²) in [7, 11) is 0. The van der Waals surface area contributed by atoms with Gasteiger partial charge in [0.25, 0.3) is 5.91 Å². The van der Waals surface area contributed by atoms with Gasteiger partial charge >= 0.3 is 0 Å². The Morgan fingerprint density at radius 1 is 1.17 bits per heavy atom. The Morgan fingerprint density at radius 2 is 1.93 bits per heavy atom. The summed E-state index contributed by atoms with van der Waals surface area (Å²) < 4.78 is 0. The molecule has 2 aliphatic heterocycles. The topological polar surface area (TPSA) is 57.1 Å². The Balaban J connectivity index is 1.43. The van der Waals surface area contributed by atoms with Gasteiger partial charge in [0, 0.05) is 23.2 Å². The second-order valence-electron chi connectivity index (χ2n) is 7.78. The van der Waals surface area contributed by atoms with Gasteiger partial charge in [0.2, 0.25) is 5.91 Å². The van der Waals surface area contributed by atoms with E-state index >= 15 is 0 Å². The number of nitrogens with zero attached hydrogens (tertiary/aromatic N) is 2. The number of carbonyl (C=O) groups excluding carboxylic acids is 2. The van der Waals surface area contributed by atoms with Crippen LogP contribution in [0.15, 0.2) is 48.5 Å². The van der Waals surface area contributed by atoms with E-state index in [1.54, 1.807) is 4.90 Å². The molecule has 7 heteroatoms. The van der Waals surface area contributed by atoms with E-state index in [-0.39, 0.29) is 17.9 Å². The number of anilines is 3. The molecule has 2 aromatic rings. The molecular formula is C22H26ClN4O2+. The highest BCUT2D eigenvalue weighted by Gasteiger charge is 2.32. The van der Waals surface area contributed by atoms with Crippen LogP contribution in [0.4, 0.5) is 17.1 Å². The van der Waals surface area contributed by atoms with Crippen molar-refractivity contribution in [2.75, 3.05) is 47.8 Å². The summed E-state index contributed by atoms with van der Waals surface area (Å²) in [4.78, 5) is 30.7. The maximum absolute atomic E-state index is 13.2. The lowest BCUT2D eigenvalue weighted by molar-refractivity contribution is -0.892. The number of piperazine rings is 1. The number of halogens is 1. The number of benzene rings is 2. The van der Waals surface area contributed by atoms with E-state index < -0.39 is 0 Å². The standard InChI is InChI=1S/C22H25ClN4O2/c1-16-13-21(28)24-19-7-2-3-8-20(19)27(16)22(29)15-25-9-11-26(12-10-25)18-6-4-5-17(23)14-18/h2-8,14,16H,9-13,15H2,1H3,(H,24,28)/p+1/t16-/m0/s1. The number of para-hydroxylation sites is 2. The quantitative estimate of drug-likeness (QED) is 0.806. The molecule has 0 aliphatic carbocycles. The fourth-order valence-corrected chi connectivity index (χ4v) is 4.38. The number of fused-ring (bicyclic) bond motifs is 1. The first-order valence-corrected chi connectivity index (χ1v) is 10.4. The zero-order valence-electron chi connectivity index (χ0n) is 16.5. The number of carbonyl (C=O) groups is 2. The fraction of sp³-hybridized carbons (Fsp3) is 0.364. The van der Waals surface area contributed by atoms with Gasteiger partial charge in [0.05, 0.1) is 37.6 Å². The predicted octanol–water partition coefficient (Wildman–Crippen LogP) is 1.81. The van der Waals surface area contributed by atoms with E-state index in [1.807, 2.05) is 49.4 Å². The molecule has 2 N–H and O–H groups in total. The lowest BCUT2D eigenvalue weighted by Gasteiger charge is -2.35. The molecule has 0 unspecified atom stereocenters. The molecule has 2 heterocycles. The van der Waals surface area contributed by atoms with Gasteiger partial charge in [0.15, 0.2) is 6.54 Å². The second kappa shape index (κ2) is 8.43. The molecule has 1 saturated heterocycles. The van der Waals surface area contributed by atoms with Crippen molar-refractivity contribution in [1.82, 2.24) is 0 Å². The SMILES string of the molecule is C[C@H]1CC(=O)Nc2ccccc2N1C(=O)C[NH+]1CCN(c2cccc(Cl)c2)CC1. The summed E-state index contributed by atoms with van der Waals surface area (Å²) in [5, 5.41) is 3.65. The normalized spacial score (nSPS) is 20.1. The molecule has 0 radical (unpaired) electrons. The van der Waals surface area contributed by atoms with Crippen LogP contribution in [0.1, 0.15) is 13.3 Å². The number of nitrogens with one attached hydrogen (secondary N) is 2. The third kappa shape index (κ3) is 4.38. The third-order valence-corrected chi connectivity index (χ3v) is 5.91. The summed E-state index contributed by atoms with van der Waals surface area (Å²) in [6.45, 7) is 5.91. The van der Waals surface area contributed by atoms with Crippen LogP contribution in [0.5, 0.6) is 0 Å². The minimum absolute atomic E-state index is 0.0530. The van der Waals surface area contributed by atoms with Crippen molar-refractivity contribution in [1.29, 1.82) is 0 Å². The monoisotopic (exact) mass is 413 g/mol. The van der Waals surface area contributed by atoms with Gasteiger partial charge in [-0.2, -0.15) is 0 Å². The van der Waals surface area contributed by atoms with Gasteiger partial charge in [-0.3, -0.25) is 9.59 Å². The summed E-state index contributed by atoms with van der Waals surface area (Å²) in [5.74, 6) is 0.00962. The van der Waals surface area contributed by atoms with Crippen LogP contribution in [0.2, 0.25) is 5.02 Å². The van der Waals surface area contributed by atoms with Crippen molar-refractivity contribution in [3.05, 3.63) is 53.6 Å². The second-order valence-corrected chi connectivity index (χ2v) is 8.21. The molecule has 2 aromatic carbocycles. The van der Waals surface area contributed by atoms with E-state index in [0.717, 1.165) is 42.6 Å². The Labute approximate surface area is 176 Å². The van der Waals surface area contributed by atoms with Crippen molar-refractivity contribution in [3.8, 4) is 0 Å². The van der Waals surface area contributed by atoms with Crippen LogP contribution in [0, 0.1) is 0 Å². The summed E-state index contributed by atoms with van der Waals surface area (Å²) >= 11 is 6.11. The molecule has 0 saturated carbocycles. The van der Waals surface area contributed by atoms with Crippen LogP contribution >= 0.6 is 11.6 Å². The lowest BCUT2D eigenvalue weighted by atomic mass is 10.1. The highest BCUT2D eigenvalue weighted by molar-refractivity contribution is 6.30. The zero-order valence-corrected chi connectivity index (χ0v) is 17.3. The molecule has 4 rings (SSSR count). The van der Waals surface area contributed by atoms with Crippen LogP contribution < -0.4 is 20.0 Å². The first-order chi connectivity index (χ1) is 14.0. The zero-order chi connectivity index (χ0) is 20.4. The molecule has 29 heavy (non-hydrogen) atoms. The van der Waals surface area contributed by atoms with Crippen molar-refractivity contribution in [3.63, 3.8) is 0 Å². The minimum Gasteiger partial charge on any atom is -0.360 e. The first-order valence-electron chi connectivity index (χ1n) is 10.1. The number of hydrogen-bond acceptors (Lipinski definition) is 3. The lowest BCUT2D eigenvalue weighted by Crippen LogP contribution is -3.16. The van der Waals surface area contributed by atoms with Gasteiger partial charge in [0.1, 0.15) is 0 Å². The molecule has 0 bridgehead atoms. The number of amides is 2. The third-order valence-electron chi connectivity index (χ3n) is 5.67. The van der Waals surface area contributed by atoms with Crippen LogP contribution in [-0.2, 0) is 9.59 Å². The molecule has 6 nitrogen and oxygen atoms in total. The Kier molecular flexibility index (Phi) is 5.74. The van der Waals surface area contributed by atoms with Crippen LogP contribution in [0.3, 0.4) is 0 Å². The molecular weight excluding hydrogens is 388 g/mol. The van der Waals surface area contributed by atoms with Crippen molar-refractivity contribution >= 4 is 40.5 Å². The van der Waals surface area contributed by atoms with Gasteiger partial charge < -0.3 is 20.0 Å². The van der Waals surface area contributed by atoms with Crippen LogP contribution in [0.25, 0.3) is 0 Å². The summed E-state index contributed by atoms with van der Waals surface area (Å²) in [5.41, 5.74) is 2.62. The minimum atomic E-state index is -0.168. The van der Waals surface area contributed by atoms with Crippen LogP contribution in [-0.4, -0.2) is 50.6 Å². The molecule has 0 spiro atoms. The van der Waals surface area contributed by atoms with Crippen molar-refractivity contribution < 1.29 is 14.5 Å². The smallest absolute Gasteiger partial charge is 0.282 e. The average Bonchev–Trinajstić information content (AvgIpc) is 2.82. The number of rotatable bonds is 3. The molecule has 2 amide bonds. The highest BCUT2D eigenvalue weighted by atomic mass is 35.5. The predicted molar refractivity (Wildman–Crippen MR) is 116 cm³/mol. The van der Waals surface area contributed by atoms with E-state index in [0.29, 0.717) is 18.7 Å². The summed E-state index contributed by atoms with van der Waals surface area (Å²) in [6, 6.07) is 15.3. The van der Waals surface area contributed by atoms with E-state index in [4.69, 9.17) is 11.6 Å². The molecule has 2 aliphatic rings. The molecule has 1 atom stereocenters. The Morgan fingerprint density at radius 3 is 2.69 bits per heavy atom. The van der Waals surface area contributed by atoms with E-state index in [9.17, 15) is 9.59 Å². The largest absolute Gasteiger partial charge is 0.360 e. The Bertz CT molecular complexity index is 911. The first kappa shape index (κ1) is 19.7. The number of hydrogen-bond donors (Lipinski definition) is 2. The van der Waals surface area contributed by atoms with Gasteiger partial charge in [-0.15, -0.1) is 0 Å². The molecule has 0 aromatic heterocycles. The maximum atomic E-state index is 13.2. The summed E-state index contributed by atoms with van der Waals surface area (Å²) in [6.07, 6.45) is 0.304. The highest BCUT2D eigenvalue weighted by Crippen LogP contribution is 2.31. The van der Waals surface area contributed by atoms with Crippen molar-refractivity contribution in [2.24, 2.45) is 0 Å². The van der Waals surface area contributed by atoms with Gasteiger partial charge in [-0.05, 0) is 37.3 Å². The van der Waals surface area contributed by atoms with E-state index in [1.165, 1.54) is 4.90 Å².